The molecule has 0 spiro atoms. The van der Waals surface area contributed by atoms with Crippen LogP contribution in [-0.4, -0.2) is 63.2 Å². The number of thiazole rings is 1. The summed E-state index contributed by atoms with van der Waals surface area (Å²) in [4.78, 5) is 27.2. The first-order valence-electron chi connectivity index (χ1n) is 10.5. The van der Waals surface area contributed by atoms with Crippen molar-refractivity contribution in [1.82, 2.24) is 25.2 Å². The van der Waals surface area contributed by atoms with Gasteiger partial charge in [-0.15, -0.1) is 11.3 Å². The average Bonchev–Trinajstić information content (AvgIpc) is 3.29. The molecule has 34 heavy (non-hydrogen) atoms. The summed E-state index contributed by atoms with van der Waals surface area (Å²) in [6.45, 7) is 5.19. The molecule has 4 rings (SSSR count). The molecule has 3 heterocycles. The fourth-order valence-electron chi connectivity index (χ4n) is 3.45. The lowest BCUT2D eigenvalue weighted by Crippen LogP contribution is -2.46. The van der Waals surface area contributed by atoms with E-state index in [-0.39, 0.29) is 17.5 Å². The molecule has 180 valence electrons. The van der Waals surface area contributed by atoms with Gasteiger partial charge in [-0.2, -0.15) is 13.2 Å². The van der Waals surface area contributed by atoms with Crippen molar-refractivity contribution in [2.45, 2.75) is 25.6 Å². The van der Waals surface area contributed by atoms with Crippen LogP contribution in [-0.2, 0) is 5.60 Å². The highest BCUT2D eigenvalue weighted by atomic mass is 32.1. The summed E-state index contributed by atoms with van der Waals surface area (Å²) >= 11 is 0.770. The monoisotopic (exact) mass is 492 g/mol. The zero-order valence-corrected chi connectivity index (χ0v) is 19.3. The molecule has 1 saturated heterocycles. The highest BCUT2D eigenvalue weighted by molar-refractivity contribution is 7.15. The van der Waals surface area contributed by atoms with Gasteiger partial charge >= 0.3 is 6.18 Å². The zero-order valence-electron chi connectivity index (χ0n) is 18.5. The van der Waals surface area contributed by atoms with Gasteiger partial charge in [-0.05, 0) is 43.2 Å². The number of hydrogen-bond donors (Lipinski definition) is 3. The largest absolute Gasteiger partial charge is 0.423 e. The van der Waals surface area contributed by atoms with Gasteiger partial charge in [-0.3, -0.25) is 4.79 Å². The topological polar surface area (TPSA) is 103 Å². The Bertz CT molecular complexity index is 1190. The Hall–Kier alpha value is -3.09. The molecule has 1 fully saturated rings. The van der Waals surface area contributed by atoms with E-state index in [2.05, 4.69) is 25.6 Å². The van der Waals surface area contributed by atoms with Crippen LogP contribution in [0.15, 0.2) is 36.7 Å². The number of piperazine rings is 1. The number of halogens is 3. The maximum atomic E-state index is 13.2. The molecule has 0 saturated carbocycles. The van der Waals surface area contributed by atoms with E-state index in [9.17, 15) is 23.1 Å². The highest BCUT2D eigenvalue weighted by Crippen LogP contribution is 2.42. The van der Waals surface area contributed by atoms with Gasteiger partial charge in [0.25, 0.3) is 5.91 Å². The number of aromatic nitrogens is 3. The lowest BCUT2D eigenvalue weighted by atomic mass is 10.1. The number of alkyl halides is 3. The molecule has 1 atom stereocenters. The van der Waals surface area contributed by atoms with Crippen LogP contribution in [0.5, 0.6) is 0 Å². The number of carbonyl (C=O) groups excluding carboxylic acids is 1. The van der Waals surface area contributed by atoms with Gasteiger partial charge in [0.15, 0.2) is 0 Å². The fraction of sp³-hybridized carbons (Fsp3) is 0.364. The number of benzene rings is 1. The van der Waals surface area contributed by atoms with Crippen molar-refractivity contribution in [3.8, 4) is 10.4 Å². The predicted octanol–water partition coefficient (Wildman–Crippen LogP) is 3.47. The summed E-state index contributed by atoms with van der Waals surface area (Å²) in [6.07, 6.45) is -2.04. The SMILES string of the molecule is Cc1cc(Nc2nccc(C(=O)N3CCNCC3)n2)cc(-c2cnc(C(C)(O)C(F)(F)F)s2)c1. The molecule has 0 radical (unpaired) electrons. The second-order valence-electron chi connectivity index (χ2n) is 8.12. The van der Waals surface area contributed by atoms with E-state index in [4.69, 9.17) is 0 Å². The van der Waals surface area contributed by atoms with Crippen molar-refractivity contribution in [1.29, 1.82) is 0 Å². The predicted molar refractivity (Wildman–Crippen MR) is 122 cm³/mol. The van der Waals surface area contributed by atoms with Crippen molar-refractivity contribution in [3.05, 3.63) is 52.9 Å². The van der Waals surface area contributed by atoms with Crippen LogP contribution in [0.1, 0.15) is 28.0 Å². The molecule has 1 unspecified atom stereocenters. The number of aliphatic hydroxyl groups is 1. The number of nitrogens with zero attached hydrogens (tertiary/aromatic N) is 4. The van der Waals surface area contributed by atoms with Gasteiger partial charge in [0.1, 0.15) is 10.7 Å². The van der Waals surface area contributed by atoms with E-state index < -0.39 is 16.8 Å². The molecule has 3 aromatic rings. The Morgan fingerprint density at radius 2 is 1.94 bits per heavy atom. The third-order valence-electron chi connectivity index (χ3n) is 5.37. The lowest BCUT2D eigenvalue weighted by Gasteiger charge is -2.27. The van der Waals surface area contributed by atoms with Gasteiger partial charge < -0.3 is 20.6 Å². The number of anilines is 2. The molecule has 2 aromatic heterocycles. The van der Waals surface area contributed by atoms with Crippen LogP contribution in [0.4, 0.5) is 24.8 Å². The first-order chi connectivity index (χ1) is 16.0. The first kappa shape index (κ1) is 24.0. The Labute approximate surface area is 197 Å². The van der Waals surface area contributed by atoms with Crippen LogP contribution in [0.3, 0.4) is 0 Å². The van der Waals surface area contributed by atoms with Crippen LogP contribution in [0, 0.1) is 6.92 Å². The summed E-state index contributed by atoms with van der Waals surface area (Å²) in [7, 11) is 0. The molecule has 1 amide bonds. The number of rotatable bonds is 5. The Balaban J connectivity index is 1.56. The lowest BCUT2D eigenvalue weighted by molar-refractivity contribution is -0.258. The maximum Gasteiger partial charge on any atom is 0.423 e. The second kappa shape index (κ2) is 9.28. The van der Waals surface area contributed by atoms with Gasteiger partial charge in [0.05, 0.1) is 4.88 Å². The first-order valence-corrected chi connectivity index (χ1v) is 11.3. The molecule has 3 N–H and O–H groups in total. The van der Waals surface area contributed by atoms with E-state index in [0.717, 1.165) is 30.0 Å². The maximum absolute atomic E-state index is 13.2. The second-order valence-corrected chi connectivity index (χ2v) is 9.15. The summed E-state index contributed by atoms with van der Waals surface area (Å²) in [5, 5.41) is 15.7. The molecule has 12 heteroatoms. The molecular weight excluding hydrogens is 469 g/mol. The summed E-state index contributed by atoms with van der Waals surface area (Å²) in [5.41, 5.74) is -0.706. The Morgan fingerprint density at radius 1 is 1.21 bits per heavy atom. The van der Waals surface area contributed by atoms with E-state index >= 15 is 0 Å². The van der Waals surface area contributed by atoms with E-state index in [1.807, 2.05) is 13.0 Å². The van der Waals surface area contributed by atoms with Gasteiger partial charge in [0, 0.05) is 44.3 Å². The summed E-state index contributed by atoms with van der Waals surface area (Å²) < 4.78 is 39.5. The third-order valence-corrected chi connectivity index (χ3v) is 6.63. The van der Waals surface area contributed by atoms with E-state index in [1.165, 1.54) is 12.4 Å². The third kappa shape index (κ3) is 5.03. The van der Waals surface area contributed by atoms with Crippen molar-refractivity contribution in [2.75, 3.05) is 31.5 Å². The smallest absolute Gasteiger partial charge is 0.375 e. The molecule has 8 nitrogen and oxygen atoms in total. The van der Waals surface area contributed by atoms with Crippen LogP contribution in [0.25, 0.3) is 10.4 Å². The van der Waals surface area contributed by atoms with Crippen LogP contribution < -0.4 is 10.6 Å². The van der Waals surface area contributed by atoms with Crippen molar-refractivity contribution >= 4 is 28.9 Å². The van der Waals surface area contributed by atoms with Gasteiger partial charge in [-0.1, -0.05) is 6.07 Å². The number of hydrogen-bond acceptors (Lipinski definition) is 8. The summed E-state index contributed by atoms with van der Waals surface area (Å²) in [6, 6.07) is 6.91. The van der Waals surface area contributed by atoms with Crippen molar-refractivity contribution in [2.24, 2.45) is 0 Å². The molecule has 0 aliphatic carbocycles. The van der Waals surface area contributed by atoms with Crippen molar-refractivity contribution < 1.29 is 23.1 Å². The van der Waals surface area contributed by atoms with Crippen LogP contribution >= 0.6 is 11.3 Å². The number of aryl methyl sites for hydroxylation is 1. The molecule has 1 aromatic carbocycles. The molecular formula is C22H23F3N6O2S. The fourth-order valence-corrected chi connectivity index (χ4v) is 4.42. The Kier molecular flexibility index (Phi) is 6.56. The van der Waals surface area contributed by atoms with Crippen LogP contribution in [0.2, 0.25) is 0 Å². The average molecular weight is 493 g/mol. The molecule has 0 bridgehead atoms. The zero-order chi connectivity index (χ0) is 24.5. The number of carbonyl (C=O) groups is 1. The minimum atomic E-state index is -4.84. The highest BCUT2D eigenvalue weighted by Gasteiger charge is 2.53. The number of amides is 1. The minimum Gasteiger partial charge on any atom is -0.375 e. The molecule has 1 aliphatic heterocycles. The van der Waals surface area contributed by atoms with Crippen molar-refractivity contribution in [3.63, 3.8) is 0 Å². The quantitative estimate of drug-likeness (QED) is 0.501. The number of nitrogens with one attached hydrogen (secondary N) is 2. The normalized spacial score (nSPS) is 16.2. The Morgan fingerprint density at radius 3 is 2.65 bits per heavy atom. The molecule has 1 aliphatic rings. The minimum absolute atomic E-state index is 0.175. The van der Waals surface area contributed by atoms with Gasteiger partial charge in [0.2, 0.25) is 11.5 Å². The van der Waals surface area contributed by atoms with Gasteiger partial charge in [-0.25, -0.2) is 15.0 Å². The summed E-state index contributed by atoms with van der Waals surface area (Å²) in [5.74, 6) is 0.0494. The standard InChI is InChI=1S/C22H23F3N6O2S/c1-13-9-14(17-12-28-19(34-17)21(2,33)22(23,24)25)11-15(10-13)29-20-27-4-3-16(30-20)18(32)31-7-5-26-6-8-31/h3-4,9-12,26,33H,5-8H2,1-2H3,(H,27,29,30). The van der Waals surface area contributed by atoms with E-state index in [0.29, 0.717) is 36.1 Å². The van der Waals surface area contributed by atoms with E-state index in [1.54, 1.807) is 23.1 Å².